The summed E-state index contributed by atoms with van der Waals surface area (Å²) in [6.45, 7) is 2.27. The van der Waals surface area contributed by atoms with Gasteiger partial charge in [0.2, 0.25) is 0 Å². The maximum atomic E-state index is 13.0. The minimum Gasteiger partial charge on any atom is -0.351 e. The second kappa shape index (κ2) is 7.88. The van der Waals surface area contributed by atoms with E-state index in [2.05, 4.69) is 20.5 Å². The van der Waals surface area contributed by atoms with Crippen LogP contribution >= 0.6 is 23.6 Å². The summed E-state index contributed by atoms with van der Waals surface area (Å²) in [5.74, 6) is 0.369. The van der Waals surface area contributed by atoms with Gasteiger partial charge in [-0.1, -0.05) is 12.1 Å². The number of benzene rings is 1. The standard InChI is InChI=1S/C17H18FN5OS2/c1-10-15(16(24)19-8-7-13-21-22-17(25)23(13)2)26-14(20-10)9-11-3-5-12(18)6-4-11/h3-6H,7-9H2,1-2H3,(H,19,24)(H,22,25). The molecule has 0 saturated carbocycles. The summed E-state index contributed by atoms with van der Waals surface area (Å²) in [7, 11) is 1.83. The molecule has 0 unspecified atom stereocenters. The third-order valence-corrected chi connectivity index (χ3v) is 5.44. The first-order valence-electron chi connectivity index (χ1n) is 8.03. The van der Waals surface area contributed by atoms with Gasteiger partial charge in [-0.25, -0.2) is 9.37 Å². The second-order valence-electron chi connectivity index (χ2n) is 5.84. The fourth-order valence-electron chi connectivity index (χ4n) is 2.49. The van der Waals surface area contributed by atoms with Crippen molar-refractivity contribution in [2.45, 2.75) is 19.8 Å². The molecule has 0 aliphatic rings. The van der Waals surface area contributed by atoms with Crippen molar-refractivity contribution in [3.63, 3.8) is 0 Å². The van der Waals surface area contributed by atoms with Crippen LogP contribution in [-0.2, 0) is 19.9 Å². The van der Waals surface area contributed by atoms with Gasteiger partial charge in [0.15, 0.2) is 4.77 Å². The number of rotatable bonds is 6. The van der Waals surface area contributed by atoms with Gasteiger partial charge in [0.25, 0.3) is 5.91 Å². The van der Waals surface area contributed by atoms with Gasteiger partial charge in [-0.15, -0.1) is 11.3 Å². The van der Waals surface area contributed by atoms with Crippen LogP contribution in [0.4, 0.5) is 4.39 Å². The number of thiazole rings is 1. The van der Waals surface area contributed by atoms with Gasteiger partial charge in [-0.2, -0.15) is 5.10 Å². The Morgan fingerprint density at radius 2 is 2.12 bits per heavy atom. The predicted octanol–water partition coefficient (Wildman–Crippen LogP) is 2.95. The summed E-state index contributed by atoms with van der Waals surface area (Å²) >= 11 is 6.42. The lowest BCUT2D eigenvalue weighted by Gasteiger charge is -2.03. The van der Waals surface area contributed by atoms with Crippen molar-refractivity contribution in [2.75, 3.05) is 6.54 Å². The van der Waals surface area contributed by atoms with Crippen LogP contribution in [0, 0.1) is 17.5 Å². The molecule has 0 spiro atoms. The average Bonchev–Trinajstić information content (AvgIpc) is 3.13. The van der Waals surface area contributed by atoms with Crippen molar-refractivity contribution in [2.24, 2.45) is 7.05 Å². The number of nitrogens with zero attached hydrogens (tertiary/aromatic N) is 3. The summed E-state index contributed by atoms with van der Waals surface area (Å²) in [6.07, 6.45) is 1.15. The van der Waals surface area contributed by atoms with E-state index < -0.39 is 0 Å². The summed E-state index contributed by atoms with van der Waals surface area (Å²) in [5, 5.41) is 10.6. The van der Waals surface area contributed by atoms with Crippen LogP contribution in [0.1, 0.15) is 31.8 Å². The molecule has 0 aliphatic carbocycles. The molecule has 2 heterocycles. The highest BCUT2D eigenvalue weighted by molar-refractivity contribution is 7.71. The highest BCUT2D eigenvalue weighted by Gasteiger charge is 2.15. The highest BCUT2D eigenvalue weighted by Crippen LogP contribution is 2.21. The third-order valence-electron chi connectivity index (χ3n) is 3.92. The molecule has 6 nitrogen and oxygen atoms in total. The first kappa shape index (κ1) is 18.4. The molecule has 3 rings (SSSR count). The number of hydrogen-bond acceptors (Lipinski definition) is 5. The van der Waals surface area contributed by atoms with Crippen LogP contribution < -0.4 is 5.32 Å². The van der Waals surface area contributed by atoms with Crippen molar-refractivity contribution in [1.82, 2.24) is 25.1 Å². The number of carbonyl (C=O) groups is 1. The van der Waals surface area contributed by atoms with Gasteiger partial charge < -0.3 is 9.88 Å². The zero-order valence-electron chi connectivity index (χ0n) is 14.4. The molecule has 0 saturated heterocycles. The fraction of sp³-hybridized carbons (Fsp3) is 0.294. The van der Waals surface area contributed by atoms with Crippen molar-refractivity contribution in [1.29, 1.82) is 0 Å². The molecule has 1 amide bonds. The van der Waals surface area contributed by atoms with Crippen LogP contribution in [0.5, 0.6) is 0 Å². The van der Waals surface area contributed by atoms with Crippen LogP contribution in [0.15, 0.2) is 24.3 Å². The number of amides is 1. The van der Waals surface area contributed by atoms with Crippen LogP contribution in [-0.4, -0.2) is 32.2 Å². The molecule has 0 atom stereocenters. The van der Waals surface area contributed by atoms with E-state index in [1.807, 2.05) is 14.0 Å². The maximum absolute atomic E-state index is 13.0. The topological polar surface area (TPSA) is 75.6 Å². The number of aryl methyl sites for hydroxylation is 1. The van der Waals surface area contributed by atoms with E-state index >= 15 is 0 Å². The minimum atomic E-state index is -0.266. The molecule has 26 heavy (non-hydrogen) atoms. The highest BCUT2D eigenvalue weighted by atomic mass is 32.1. The quantitative estimate of drug-likeness (QED) is 0.634. The number of nitrogens with one attached hydrogen (secondary N) is 2. The van der Waals surface area contributed by atoms with E-state index in [-0.39, 0.29) is 11.7 Å². The Morgan fingerprint density at radius 3 is 2.77 bits per heavy atom. The van der Waals surface area contributed by atoms with Gasteiger partial charge >= 0.3 is 0 Å². The third kappa shape index (κ3) is 4.23. The van der Waals surface area contributed by atoms with Gasteiger partial charge in [0.1, 0.15) is 16.5 Å². The zero-order chi connectivity index (χ0) is 18.7. The average molecular weight is 391 g/mol. The van der Waals surface area contributed by atoms with Crippen LogP contribution in [0.2, 0.25) is 0 Å². The molecule has 0 aliphatic heterocycles. The number of hydrogen-bond donors (Lipinski definition) is 2. The van der Waals surface area contributed by atoms with Gasteiger partial charge in [-0.05, 0) is 36.8 Å². The molecule has 1 aromatic carbocycles. The molecular weight excluding hydrogens is 373 g/mol. The maximum Gasteiger partial charge on any atom is 0.263 e. The van der Waals surface area contributed by atoms with Gasteiger partial charge in [0.05, 0.1) is 10.7 Å². The Bertz CT molecular complexity index is 974. The van der Waals surface area contributed by atoms with Crippen molar-refractivity contribution in [3.8, 4) is 0 Å². The van der Waals surface area contributed by atoms with Crippen LogP contribution in [0.25, 0.3) is 0 Å². The van der Waals surface area contributed by atoms with E-state index in [9.17, 15) is 9.18 Å². The molecular formula is C17H18FN5OS2. The summed E-state index contributed by atoms with van der Waals surface area (Å²) < 4.78 is 15.3. The molecule has 0 fully saturated rings. The number of carbonyl (C=O) groups excluding carboxylic acids is 1. The minimum absolute atomic E-state index is 0.151. The number of H-pyrrole nitrogens is 1. The fourth-order valence-corrected chi connectivity index (χ4v) is 3.65. The van der Waals surface area contributed by atoms with E-state index in [0.29, 0.717) is 34.7 Å². The number of aromatic amines is 1. The second-order valence-corrected chi connectivity index (χ2v) is 7.31. The van der Waals surface area contributed by atoms with Crippen molar-refractivity contribution in [3.05, 3.63) is 61.8 Å². The Balaban J connectivity index is 1.60. The smallest absolute Gasteiger partial charge is 0.263 e. The van der Waals surface area contributed by atoms with E-state index in [4.69, 9.17) is 12.2 Å². The van der Waals surface area contributed by atoms with E-state index in [0.717, 1.165) is 16.4 Å². The summed E-state index contributed by atoms with van der Waals surface area (Å²) in [5.41, 5.74) is 1.65. The largest absolute Gasteiger partial charge is 0.351 e. The lowest BCUT2D eigenvalue weighted by atomic mass is 10.1. The zero-order valence-corrected chi connectivity index (χ0v) is 16.0. The normalized spacial score (nSPS) is 10.9. The Labute approximate surface area is 159 Å². The van der Waals surface area contributed by atoms with Crippen molar-refractivity contribution >= 4 is 29.5 Å². The monoisotopic (exact) mass is 391 g/mol. The van der Waals surface area contributed by atoms with Crippen molar-refractivity contribution < 1.29 is 9.18 Å². The molecule has 0 bridgehead atoms. The molecule has 3 aromatic rings. The first-order valence-corrected chi connectivity index (χ1v) is 9.25. The molecule has 0 radical (unpaired) electrons. The molecule has 136 valence electrons. The van der Waals surface area contributed by atoms with E-state index in [1.165, 1.54) is 23.5 Å². The molecule has 2 N–H and O–H groups in total. The lowest BCUT2D eigenvalue weighted by molar-refractivity contribution is 0.0957. The summed E-state index contributed by atoms with van der Waals surface area (Å²) in [4.78, 5) is 17.5. The molecule has 2 aromatic heterocycles. The Morgan fingerprint density at radius 1 is 1.38 bits per heavy atom. The summed E-state index contributed by atoms with van der Waals surface area (Å²) in [6, 6.07) is 6.30. The van der Waals surface area contributed by atoms with E-state index in [1.54, 1.807) is 16.7 Å². The SMILES string of the molecule is Cc1nc(Cc2ccc(F)cc2)sc1C(=O)NCCc1n[nH]c(=S)n1C. The Kier molecular flexibility index (Phi) is 5.58. The lowest BCUT2D eigenvalue weighted by Crippen LogP contribution is -2.26. The predicted molar refractivity (Wildman–Crippen MR) is 100 cm³/mol. The van der Waals surface area contributed by atoms with Gasteiger partial charge in [0, 0.05) is 26.4 Å². The Hall–Kier alpha value is -2.39. The molecule has 9 heteroatoms. The number of halogens is 1. The first-order chi connectivity index (χ1) is 12.4. The number of aromatic nitrogens is 4. The van der Waals surface area contributed by atoms with Gasteiger partial charge in [-0.3, -0.25) is 9.89 Å². The van der Waals surface area contributed by atoms with Crippen LogP contribution in [0.3, 0.4) is 0 Å².